The number of hydrogen-bond donors (Lipinski definition) is 3. The number of pyridine rings is 1. The number of fused-ring (bicyclic) bond motifs is 2. The molecule has 0 spiro atoms. The van der Waals surface area contributed by atoms with E-state index in [1.54, 1.807) is 24.5 Å². The van der Waals surface area contributed by atoms with Crippen LogP contribution in [0.1, 0.15) is 21.5 Å². The third-order valence-corrected chi connectivity index (χ3v) is 6.19. The molecular weight excluding hydrogens is 480 g/mol. The zero-order chi connectivity index (χ0) is 22.4. The van der Waals surface area contributed by atoms with Crippen LogP contribution in [0.2, 0.25) is 0 Å². The van der Waals surface area contributed by atoms with Crippen molar-refractivity contribution in [3.63, 3.8) is 0 Å². The predicted molar refractivity (Wildman–Crippen MR) is 120 cm³/mol. The van der Waals surface area contributed by atoms with Gasteiger partial charge in [-0.3, -0.25) is 9.69 Å². The minimum absolute atomic E-state index is 0.0405. The summed E-state index contributed by atoms with van der Waals surface area (Å²) in [4.78, 5) is 34.9. The highest BCUT2D eigenvalue weighted by Crippen LogP contribution is 2.40. The molecule has 1 saturated heterocycles. The fourth-order valence-corrected chi connectivity index (χ4v) is 4.36. The molecule has 0 bridgehead atoms. The standard InChI is InChI=1S/C22H19BrN4O5/c23-13-8-15-12(9-24-21(15)25-10-13)7-18-19(29)14-1-2-17(28)16(20(14)32-18)11-26-3-5-27(6-4-26)22(30)31/h1-2,7-10,28H,3-6,11H2,(H,24,25)(H,30,31). The number of aromatic nitrogens is 2. The number of amides is 1. The number of nitrogens with one attached hydrogen (secondary N) is 1. The number of rotatable bonds is 3. The van der Waals surface area contributed by atoms with Gasteiger partial charge in [0.25, 0.3) is 0 Å². The summed E-state index contributed by atoms with van der Waals surface area (Å²) in [6.07, 6.45) is 4.18. The molecule has 9 nitrogen and oxygen atoms in total. The van der Waals surface area contributed by atoms with Gasteiger partial charge in [0.15, 0.2) is 5.76 Å². The highest BCUT2D eigenvalue weighted by atomic mass is 79.9. The topological polar surface area (TPSA) is 119 Å². The molecule has 3 aromatic rings. The summed E-state index contributed by atoms with van der Waals surface area (Å²) in [5.74, 6) is 0.303. The number of aromatic hydroxyl groups is 1. The van der Waals surface area contributed by atoms with Crippen molar-refractivity contribution in [2.45, 2.75) is 6.54 Å². The molecule has 0 atom stereocenters. The molecule has 164 valence electrons. The van der Waals surface area contributed by atoms with Gasteiger partial charge in [0, 0.05) is 60.5 Å². The molecule has 0 saturated carbocycles. The first kappa shape index (κ1) is 20.5. The molecule has 2 aliphatic rings. The Labute approximate surface area is 191 Å². The summed E-state index contributed by atoms with van der Waals surface area (Å²) in [6.45, 7) is 2.19. The number of nitrogens with zero attached hydrogens (tertiary/aromatic N) is 3. The Balaban J connectivity index is 1.43. The first-order valence-corrected chi connectivity index (χ1v) is 10.8. The Kier molecular flexibility index (Phi) is 5.10. The number of phenols is 1. The van der Waals surface area contributed by atoms with E-state index in [4.69, 9.17) is 9.84 Å². The van der Waals surface area contributed by atoms with Gasteiger partial charge >= 0.3 is 6.09 Å². The van der Waals surface area contributed by atoms with Gasteiger partial charge in [-0.15, -0.1) is 0 Å². The molecule has 0 radical (unpaired) electrons. The summed E-state index contributed by atoms with van der Waals surface area (Å²) >= 11 is 3.41. The molecular formula is C22H19BrN4O5. The maximum absolute atomic E-state index is 13.0. The van der Waals surface area contributed by atoms with Crippen LogP contribution in [0.25, 0.3) is 17.1 Å². The lowest BCUT2D eigenvalue weighted by molar-refractivity contribution is 0.101. The predicted octanol–water partition coefficient (Wildman–Crippen LogP) is 3.44. The van der Waals surface area contributed by atoms with Gasteiger partial charge in [-0.1, -0.05) is 0 Å². The molecule has 0 unspecified atom stereocenters. The largest absolute Gasteiger partial charge is 0.507 e. The molecule has 5 rings (SSSR count). The number of allylic oxidation sites excluding steroid dienone is 1. The number of carboxylic acid groups (broad SMARTS) is 1. The lowest BCUT2D eigenvalue weighted by Crippen LogP contribution is -2.47. The molecule has 10 heteroatoms. The van der Waals surface area contributed by atoms with Crippen molar-refractivity contribution in [1.82, 2.24) is 19.8 Å². The molecule has 4 heterocycles. The average Bonchev–Trinajstić information content (AvgIpc) is 3.31. The minimum atomic E-state index is -0.934. The third-order valence-electron chi connectivity index (χ3n) is 5.76. The van der Waals surface area contributed by atoms with Crippen molar-refractivity contribution in [3.05, 3.63) is 57.5 Å². The maximum Gasteiger partial charge on any atom is 0.407 e. The van der Waals surface area contributed by atoms with Crippen molar-refractivity contribution in [3.8, 4) is 11.5 Å². The first-order valence-electron chi connectivity index (χ1n) is 10.0. The lowest BCUT2D eigenvalue weighted by Gasteiger charge is -2.33. The fourth-order valence-electron chi connectivity index (χ4n) is 4.03. The molecule has 32 heavy (non-hydrogen) atoms. The minimum Gasteiger partial charge on any atom is -0.507 e. The van der Waals surface area contributed by atoms with E-state index in [0.717, 1.165) is 15.4 Å². The second-order valence-corrected chi connectivity index (χ2v) is 8.63. The number of piperazine rings is 1. The summed E-state index contributed by atoms with van der Waals surface area (Å²) < 4.78 is 6.78. The number of H-pyrrole nitrogens is 1. The smallest absolute Gasteiger partial charge is 0.407 e. The third kappa shape index (κ3) is 3.61. The zero-order valence-electron chi connectivity index (χ0n) is 16.8. The SMILES string of the molecule is O=C1C(=Cc2c[nH]c3ncc(Br)cc23)Oc2c1ccc(O)c2CN1CCN(C(=O)O)CC1. The quantitative estimate of drug-likeness (QED) is 0.473. The van der Waals surface area contributed by atoms with E-state index in [-0.39, 0.29) is 17.3 Å². The van der Waals surface area contributed by atoms with E-state index in [9.17, 15) is 14.7 Å². The van der Waals surface area contributed by atoms with Crippen molar-refractivity contribution in [2.24, 2.45) is 0 Å². The van der Waals surface area contributed by atoms with E-state index in [2.05, 4.69) is 25.9 Å². The van der Waals surface area contributed by atoms with Gasteiger partial charge in [-0.05, 0) is 40.2 Å². The van der Waals surface area contributed by atoms with Gasteiger partial charge in [0.05, 0.1) is 11.1 Å². The highest BCUT2D eigenvalue weighted by molar-refractivity contribution is 9.10. The van der Waals surface area contributed by atoms with Crippen molar-refractivity contribution in [1.29, 1.82) is 0 Å². The molecule has 1 fully saturated rings. The van der Waals surface area contributed by atoms with Gasteiger partial charge in [0.2, 0.25) is 5.78 Å². The van der Waals surface area contributed by atoms with E-state index in [0.29, 0.717) is 55.2 Å². The number of benzene rings is 1. The van der Waals surface area contributed by atoms with Crippen LogP contribution in [0.4, 0.5) is 4.79 Å². The van der Waals surface area contributed by atoms with Crippen LogP contribution in [0.5, 0.6) is 11.5 Å². The number of ether oxygens (including phenoxy) is 1. The van der Waals surface area contributed by atoms with E-state index in [1.165, 1.54) is 11.0 Å². The fraction of sp³-hybridized carbons (Fsp3) is 0.227. The monoisotopic (exact) mass is 498 g/mol. The molecule has 0 aliphatic carbocycles. The van der Waals surface area contributed by atoms with Crippen molar-refractivity contribution < 1.29 is 24.5 Å². The van der Waals surface area contributed by atoms with Crippen LogP contribution >= 0.6 is 15.9 Å². The number of Topliss-reactive ketones (excluding diaryl/α,β-unsaturated/α-hetero) is 1. The lowest BCUT2D eigenvalue weighted by atomic mass is 10.0. The Hall–Kier alpha value is -3.37. The second-order valence-electron chi connectivity index (χ2n) is 7.72. The van der Waals surface area contributed by atoms with Crippen molar-refractivity contribution in [2.75, 3.05) is 26.2 Å². The maximum atomic E-state index is 13.0. The first-order chi connectivity index (χ1) is 15.4. The Morgan fingerprint density at radius 2 is 2.06 bits per heavy atom. The highest BCUT2D eigenvalue weighted by Gasteiger charge is 2.32. The van der Waals surface area contributed by atoms with Gasteiger partial charge < -0.3 is 24.8 Å². The normalized spacial score (nSPS) is 17.7. The zero-order valence-corrected chi connectivity index (χ0v) is 18.4. The van der Waals surface area contributed by atoms with Crippen LogP contribution < -0.4 is 4.74 Å². The van der Waals surface area contributed by atoms with Crippen LogP contribution in [-0.4, -0.2) is 68.0 Å². The average molecular weight is 499 g/mol. The summed E-state index contributed by atoms with van der Waals surface area (Å²) in [7, 11) is 0. The number of ketones is 1. The summed E-state index contributed by atoms with van der Waals surface area (Å²) in [5.41, 5.74) is 2.38. The Morgan fingerprint density at radius 3 is 2.81 bits per heavy atom. The number of phenolic OH excluding ortho intramolecular Hbond substituents is 1. The molecule has 2 aromatic heterocycles. The summed E-state index contributed by atoms with van der Waals surface area (Å²) in [6, 6.07) is 4.97. The van der Waals surface area contributed by atoms with Crippen LogP contribution in [0.15, 0.2) is 40.8 Å². The van der Waals surface area contributed by atoms with E-state index in [1.807, 2.05) is 11.0 Å². The van der Waals surface area contributed by atoms with Crippen molar-refractivity contribution >= 4 is 44.9 Å². The van der Waals surface area contributed by atoms with Gasteiger partial charge in [0.1, 0.15) is 17.1 Å². The van der Waals surface area contributed by atoms with Gasteiger partial charge in [-0.2, -0.15) is 0 Å². The number of aromatic amines is 1. The van der Waals surface area contributed by atoms with Crippen LogP contribution in [0, 0.1) is 0 Å². The number of carbonyl (C=O) groups is 2. The van der Waals surface area contributed by atoms with Crippen LogP contribution in [-0.2, 0) is 6.54 Å². The number of halogens is 1. The Bertz CT molecular complexity index is 1280. The van der Waals surface area contributed by atoms with E-state index < -0.39 is 6.09 Å². The number of carbonyl (C=O) groups excluding carboxylic acids is 1. The molecule has 2 aliphatic heterocycles. The Morgan fingerprint density at radius 1 is 1.28 bits per heavy atom. The number of hydrogen-bond acceptors (Lipinski definition) is 6. The molecule has 1 aromatic carbocycles. The van der Waals surface area contributed by atoms with Crippen LogP contribution in [0.3, 0.4) is 0 Å². The molecule has 3 N–H and O–H groups in total. The summed E-state index contributed by atoms with van der Waals surface area (Å²) in [5, 5.41) is 20.5. The van der Waals surface area contributed by atoms with Gasteiger partial charge in [-0.25, -0.2) is 9.78 Å². The molecule has 1 amide bonds. The second kappa shape index (κ2) is 7.95. The van der Waals surface area contributed by atoms with E-state index >= 15 is 0 Å².